The zero-order valence-electron chi connectivity index (χ0n) is 27.4. The Morgan fingerprint density at radius 2 is 0.957 bits per heavy atom. The van der Waals surface area contributed by atoms with Gasteiger partial charge in [0.1, 0.15) is 11.5 Å². The molecular weight excluding hydrogens is 562 g/mol. The Bertz CT molecular complexity index is 1930. The molecule has 46 heavy (non-hydrogen) atoms. The third-order valence-electron chi connectivity index (χ3n) is 9.31. The highest BCUT2D eigenvalue weighted by Crippen LogP contribution is 2.46. The Hall–Kier alpha value is -4.60. The molecule has 0 fully saturated rings. The molecule has 6 rings (SSSR count). The summed E-state index contributed by atoms with van der Waals surface area (Å²) in [6, 6.07) is 37.7. The Balaban J connectivity index is 1.75. The summed E-state index contributed by atoms with van der Waals surface area (Å²) in [7, 11) is 0. The number of unbranched alkanes of at least 4 members (excludes halogenated alkanes) is 2. The van der Waals surface area contributed by atoms with E-state index in [1.165, 1.54) is 67.8 Å². The number of aromatic hydroxyl groups is 2. The molecule has 0 atom stereocenters. The molecule has 0 radical (unpaired) electrons. The van der Waals surface area contributed by atoms with Gasteiger partial charge >= 0.3 is 0 Å². The lowest BCUT2D eigenvalue weighted by molar-refractivity contribution is 0.258. The SMILES string of the molecule is CCCCN(CCCC)Cc1c(-c2ccc(O)cc2)cc2ccccc2c1-c1c(CC)c(-c2ccc(O)cc2)cc2ccccc12. The first kappa shape index (κ1) is 31.4. The number of phenols is 2. The topological polar surface area (TPSA) is 43.7 Å². The predicted molar refractivity (Wildman–Crippen MR) is 196 cm³/mol. The van der Waals surface area contributed by atoms with E-state index in [0.29, 0.717) is 0 Å². The van der Waals surface area contributed by atoms with Crippen molar-refractivity contribution in [3.63, 3.8) is 0 Å². The van der Waals surface area contributed by atoms with E-state index in [2.05, 4.69) is 98.5 Å². The third kappa shape index (κ3) is 6.38. The van der Waals surface area contributed by atoms with Crippen LogP contribution in [0.4, 0.5) is 0 Å². The summed E-state index contributed by atoms with van der Waals surface area (Å²) in [6.45, 7) is 9.78. The summed E-state index contributed by atoms with van der Waals surface area (Å²) in [6.07, 6.45) is 5.53. The Labute approximate surface area is 273 Å². The van der Waals surface area contributed by atoms with Crippen molar-refractivity contribution in [3.8, 4) is 44.9 Å². The lowest BCUT2D eigenvalue weighted by Gasteiger charge is -2.28. The van der Waals surface area contributed by atoms with Crippen molar-refractivity contribution in [1.82, 2.24) is 4.90 Å². The van der Waals surface area contributed by atoms with E-state index >= 15 is 0 Å². The fourth-order valence-corrected chi connectivity index (χ4v) is 6.94. The maximum atomic E-state index is 10.2. The average Bonchev–Trinajstić information content (AvgIpc) is 3.09. The lowest BCUT2D eigenvalue weighted by atomic mass is 9.80. The highest BCUT2D eigenvalue weighted by atomic mass is 16.3. The number of hydrogen-bond acceptors (Lipinski definition) is 3. The smallest absolute Gasteiger partial charge is 0.115 e. The molecule has 0 aromatic heterocycles. The van der Waals surface area contributed by atoms with E-state index in [1.54, 1.807) is 24.3 Å². The van der Waals surface area contributed by atoms with Gasteiger partial charge in [-0.2, -0.15) is 0 Å². The first-order valence-electron chi connectivity index (χ1n) is 16.9. The summed E-state index contributed by atoms with van der Waals surface area (Å²) < 4.78 is 0. The zero-order valence-corrected chi connectivity index (χ0v) is 27.4. The van der Waals surface area contributed by atoms with Gasteiger partial charge < -0.3 is 10.2 Å². The second-order valence-electron chi connectivity index (χ2n) is 12.4. The Morgan fingerprint density at radius 3 is 1.41 bits per heavy atom. The van der Waals surface area contributed by atoms with Crippen molar-refractivity contribution in [2.75, 3.05) is 13.1 Å². The predicted octanol–water partition coefficient (Wildman–Crippen LogP) is 11.4. The number of benzene rings is 6. The monoisotopic (exact) mass is 607 g/mol. The minimum Gasteiger partial charge on any atom is -0.508 e. The molecule has 2 N–H and O–H groups in total. The van der Waals surface area contributed by atoms with Crippen LogP contribution in [-0.4, -0.2) is 28.2 Å². The molecule has 0 aliphatic heterocycles. The van der Waals surface area contributed by atoms with Crippen LogP contribution in [0.1, 0.15) is 57.6 Å². The fraction of sp³-hybridized carbons (Fsp3) is 0.256. The van der Waals surface area contributed by atoms with Gasteiger partial charge in [-0.1, -0.05) is 106 Å². The number of rotatable bonds is 12. The highest BCUT2D eigenvalue weighted by molar-refractivity contribution is 6.11. The fourth-order valence-electron chi connectivity index (χ4n) is 6.94. The number of hydrogen-bond donors (Lipinski definition) is 2. The normalized spacial score (nSPS) is 11.6. The van der Waals surface area contributed by atoms with Gasteiger partial charge in [-0.3, -0.25) is 4.90 Å². The summed E-state index contributed by atoms with van der Waals surface area (Å²) in [5.41, 5.74) is 9.88. The van der Waals surface area contributed by atoms with Gasteiger partial charge in [-0.15, -0.1) is 0 Å². The molecule has 6 aromatic rings. The van der Waals surface area contributed by atoms with Crippen LogP contribution >= 0.6 is 0 Å². The highest BCUT2D eigenvalue weighted by Gasteiger charge is 2.24. The average molecular weight is 608 g/mol. The molecule has 0 spiro atoms. The summed E-state index contributed by atoms with van der Waals surface area (Å²) in [5, 5.41) is 25.3. The zero-order chi connectivity index (χ0) is 32.0. The van der Waals surface area contributed by atoms with Crippen LogP contribution in [0.3, 0.4) is 0 Å². The molecule has 0 aliphatic carbocycles. The number of phenolic OH excluding ortho intramolecular Hbond substituents is 2. The summed E-state index contributed by atoms with van der Waals surface area (Å²) in [4.78, 5) is 2.65. The molecule has 0 saturated heterocycles. The number of nitrogens with zero attached hydrogens (tertiary/aromatic N) is 1. The van der Waals surface area contributed by atoms with E-state index in [1.807, 2.05) is 12.1 Å². The van der Waals surface area contributed by atoms with Gasteiger partial charge in [0.2, 0.25) is 0 Å². The first-order chi connectivity index (χ1) is 22.5. The van der Waals surface area contributed by atoms with Crippen LogP contribution in [0.25, 0.3) is 54.9 Å². The van der Waals surface area contributed by atoms with Gasteiger partial charge in [0.05, 0.1) is 0 Å². The van der Waals surface area contributed by atoms with Crippen LogP contribution in [0.5, 0.6) is 11.5 Å². The van der Waals surface area contributed by atoms with E-state index in [-0.39, 0.29) is 11.5 Å². The summed E-state index contributed by atoms with van der Waals surface area (Å²) in [5.74, 6) is 0.552. The molecule has 234 valence electrons. The van der Waals surface area contributed by atoms with Gasteiger partial charge in [0.15, 0.2) is 0 Å². The van der Waals surface area contributed by atoms with Crippen molar-refractivity contribution in [2.45, 2.75) is 59.4 Å². The van der Waals surface area contributed by atoms with E-state index < -0.39 is 0 Å². The minimum atomic E-state index is 0.275. The quantitative estimate of drug-likeness (QED) is 0.145. The van der Waals surface area contributed by atoms with Gasteiger partial charge in [-0.05, 0) is 135 Å². The van der Waals surface area contributed by atoms with Gasteiger partial charge in [0, 0.05) is 6.54 Å². The Morgan fingerprint density at radius 1 is 0.522 bits per heavy atom. The molecule has 0 bridgehead atoms. The second-order valence-corrected chi connectivity index (χ2v) is 12.4. The van der Waals surface area contributed by atoms with E-state index in [9.17, 15) is 10.2 Å². The maximum Gasteiger partial charge on any atom is 0.115 e. The molecular formula is C43H45NO2. The van der Waals surface area contributed by atoms with Crippen LogP contribution < -0.4 is 0 Å². The van der Waals surface area contributed by atoms with E-state index in [4.69, 9.17) is 0 Å². The molecule has 3 heteroatoms. The number of fused-ring (bicyclic) bond motifs is 2. The van der Waals surface area contributed by atoms with Crippen LogP contribution in [-0.2, 0) is 13.0 Å². The van der Waals surface area contributed by atoms with Crippen LogP contribution in [0, 0.1) is 0 Å². The van der Waals surface area contributed by atoms with E-state index in [0.717, 1.165) is 50.0 Å². The maximum absolute atomic E-state index is 10.2. The van der Waals surface area contributed by atoms with Crippen molar-refractivity contribution in [2.24, 2.45) is 0 Å². The molecule has 0 saturated carbocycles. The molecule has 6 aromatic carbocycles. The molecule has 0 amide bonds. The largest absolute Gasteiger partial charge is 0.508 e. The van der Waals surface area contributed by atoms with Crippen molar-refractivity contribution < 1.29 is 10.2 Å². The standard InChI is InChI=1S/C43H45NO2/c1-4-7-25-44(26-8-5-2)29-41-40(31-19-23-35(46)24-20-31)28-33-14-10-12-16-38(33)43(41)42-36(6-3)39(30-17-21-34(45)22-18-30)27-32-13-9-11-15-37(32)42/h9-24,27-28,45-46H,4-8,25-26,29H2,1-3H3. The molecule has 0 aliphatic rings. The third-order valence-corrected chi connectivity index (χ3v) is 9.31. The molecule has 0 heterocycles. The lowest BCUT2D eigenvalue weighted by Crippen LogP contribution is -2.26. The minimum absolute atomic E-state index is 0.275. The molecule has 0 unspecified atom stereocenters. The van der Waals surface area contributed by atoms with Crippen LogP contribution in [0.15, 0.2) is 109 Å². The van der Waals surface area contributed by atoms with Crippen LogP contribution in [0.2, 0.25) is 0 Å². The second kappa shape index (κ2) is 14.2. The van der Waals surface area contributed by atoms with Crippen molar-refractivity contribution >= 4 is 21.5 Å². The van der Waals surface area contributed by atoms with Gasteiger partial charge in [-0.25, -0.2) is 0 Å². The van der Waals surface area contributed by atoms with Crippen molar-refractivity contribution in [3.05, 3.63) is 120 Å². The molecule has 3 nitrogen and oxygen atoms in total. The summed E-state index contributed by atoms with van der Waals surface area (Å²) >= 11 is 0. The Kier molecular flexibility index (Phi) is 9.71. The first-order valence-corrected chi connectivity index (χ1v) is 16.9. The van der Waals surface area contributed by atoms with Gasteiger partial charge in [0.25, 0.3) is 0 Å². The van der Waals surface area contributed by atoms with Crippen molar-refractivity contribution in [1.29, 1.82) is 0 Å².